The molecule has 27 heavy (non-hydrogen) atoms. The molecule has 1 aromatic carbocycles. The summed E-state index contributed by atoms with van der Waals surface area (Å²) in [7, 11) is 0. The number of piperidine rings is 1. The number of rotatable bonds is 3. The summed E-state index contributed by atoms with van der Waals surface area (Å²) in [6.45, 7) is 1.37. The van der Waals surface area contributed by atoms with Crippen LogP contribution in [0.3, 0.4) is 0 Å². The van der Waals surface area contributed by atoms with E-state index in [-0.39, 0.29) is 29.7 Å². The highest BCUT2D eigenvalue weighted by atomic mass is 19.1. The van der Waals surface area contributed by atoms with Crippen LogP contribution >= 0.6 is 0 Å². The zero-order valence-electron chi connectivity index (χ0n) is 15.4. The van der Waals surface area contributed by atoms with Gasteiger partial charge in [-0.25, -0.2) is 4.39 Å². The molecule has 0 radical (unpaired) electrons. The summed E-state index contributed by atoms with van der Waals surface area (Å²) in [5, 5.41) is 16.3. The first-order valence-electron chi connectivity index (χ1n) is 9.87. The van der Waals surface area contributed by atoms with Gasteiger partial charge in [0.05, 0.1) is 12.3 Å². The minimum atomic E-state index is -0.243. The van der Waals surface area contributed by atoms with Gasteiger partial charge in [-0.3, -0.25) is 9.89 Å². The number of hydrogen-bond acceptors (Lipinski definition) is 3. The maximum Gasteiger partial charge on any atom is 0.225 e. The van der Waals surface area contributed by atoms with E-state index >= 15 is 0 Å². The van der Waals surface area contributed by atoms with Gasteiger partial charge in [-0.15, -0.1) is 0 Å². The van der Waals surface area contributed by atoms with Crippen molar-refractivity contribution < 1.29 is 14.3 Å². The molecule has 2 aliphatic rings. The number of aromatic amines is 1. The number of aliphatic hydroxyl groups is 1. The summed E-state index contributed by atoms with van der Waals surface area (Å²) in [6, 6.07) is 5.39. The number of nitrogens with one attached hydrogen (secondary N) is 1. The van der Waals surface area contributed by atoms with Gasteiger partial charge in [-0.1, -0.05) is 12.1 Å². The molecule has 1 saturated heterocycles. The van der Waals surface area contributed by atoms with E-state index < -0.39 is 0 Å². The van der Waals surface area contributed by atoms with Crippen molar-refractivity contribution in [1.29, 1.82) is 0 Å². The molecule has 1 aliphatic heterocycles. The lowest BCUT2D eigenvalue weighted by atomic mass is 9.84. The average molecular weight is 371 g/mol. The molecule has 0 spiro atoms. The van der Waals surface area contributed by atoms with Crippen molar-refractivity contribution in [2.24, 2.45) is 5.92 Å². The predicted octanol–water partition coefficient (Wildman–Crippen LogP) is 3.47. The SMILES string of the molecule is O=C(C1CCC(O)CC1)N1CCC(c2ccc(-c3cn[nH]c3)cc2F)CC1. The molecule has 1 aromatic heterocycles. The van der Waals surface area contributed by atoms with Crippen molar-refractivity contribution in [3.8, 4) is 11.1 Å². The Hall–Kier alpha value is -2.21. The lowest BCUT2D eigenvalue weighted by Gasteiger charge is -2.36. The van der Waals surface area contributed by atoms with Gasteiger partial charge in [0.1, 0.15) is 5.82 Å². The monoisotopic (exact) mass is 371 g/mol. The molecule has 0 atom stereocenters. The van der Waals surface area contributed by atoms with Crippen LogP contribution in [0.4, 0.5) is 4.39 Å². The van der Waals surface area contributed by atoms with E-state index in [0.29, 0.717) is 13.1 Å². The summed E-state index contributed by atoms with van der Waals surface area (Å²) in [4.78, 5) is 14.6. The van der Waals surface area contributed by atoms with Crippen molar-refractivity contribution in [3.05, 3.63) is 42.0 Å². The van der Waals surface area contributed by atoms with Crippen LogP contribution in [0.25, 0.3) is 11.1 Å². The molecule has 144 valence electrons. The quantitative estimate of drug-likeness (QED) is 0.868. The minimum absolute atomic E-state index is 0.0518. The normalized spacial score (nSPS) is 24.1. The fraction of sp³-hybridized carbons (Fsp3) is 0.524. The number of likely N-dealkylation sites (tertiary alicyclic amines) is 1. The van der Waals surface area contributed by atoms with Gasteiger partial charge in [0.15, 0.2) is 0 Å². The second kappa shape index (κ2) is 7.80. The molecule has 0 bridgehead atoms. The molecule has 4 rings (SSSR count). The largest absolute Gasteiger partial charge is 0.393 e. The van der Waals surface area contributed by atoms with Gasteiger partial charge in [0, 0.05) is 30.8 Å². The van der Waals surface area contributed by atoms with Crippen LogP contribution in [0.5, 0.6) is 0 Å². The Bertz CT molecular complexity index is 777. The third-order valence-corrected chi connectivity index (χ3v) is 6.12. The third-order valence-electron chi connectivity index (χ3n) is 6.12. The lowest BCUT2D eigenvalue weighted by molar-refractivity contribution is -0.138. The molecule has 2 N–H and O–H groups in total. The molecule has 5 nitrogen and oxygen atoms in total. The van der Waals surface area contributed by atoms with Crippen LogP contribution in [0.2, 0.25) is 0 Å². The number of aliphatic hydroxyl groups excluding tert-OH is 1. The molecular weight excluding hydrogens is 345 g/mol. The summed E-state index contributed by atoms with van der Waals surface area (Å²) in [6.07, 6.45) is 7.79. The lowest BCUT2D eigenvalue weighted by Crippen LogP contribution is -2.42. The van der Waals surface area contributed by atoms with Crippen molar-refractivity contribution in [2.75, 3.05) is 13.1 Å². The number of amides is 1. The molecule has 2 fully saturated rings. The zero-order chi connectivity index (χ0) is 18.8. The number of carbonyl (C=O) groups excluding carboxylic acids is 1. The molecule has 0 unspecified atom stereocenters. The molecule has 6 heteroatoms. The van der Waals surface area contributed by atoms with Gasteiger partial charge >= 0.3 is 0 Å². The number of halogens is 1. The summed E-state index contributed by atoms with van der Waals surface area (Å²) in [5.41, 5.74) is 2.44. The van der Waals surface area contributed by atoms with Gasteiger partial charge in [0.25, 0.3) is 0 Å². The Morgan fingerprint density at radius 3 is 2.48 bits per heavy atom. The highest BCUT2D eigenvalue weighted by Crippen LogP contribution is 2.33. The van der Waals surface area contributed by atoms with Crippen molar-refractivity contribution in [1.82, 2.24) is 15.1 Å². The van der Waals surface area contributed by atoms with E-state index in [2.05, 4.69) is 10.2 Å². The minimum Gasteiger partial charge on any atom is -0.393 e. The zero-order valence-corrected chi connectivity index (χ0v) is 15.4. The van der Waals surface area contributed by atoms with E-state index in [1.165, 1.54) is 0 Å². The molecule has 1 aliphatic carbocycles. The highest BCUT2D eigenvalue weighted by Gasteiger charge is 2.31. The standard InChI is InChI=1S/C21H26FN3O2/c22-20-11-16(17-12-23-24-13-17)3-6-19(20)14-7-9-25(10-8-14)21(27)15-1-4-18(26)5-2-15/h3,6,11-15,18,26H,1-2,4-5,7-10H2,(H,23,24). The highest BCUT2D eigenvalue weighted by molar-refractivity contribution is 5.79. The first-order chi connectivity index (χ1) is 13.1. The second-order valence-corrected chi connectivity index (χ2v) is 7.83. The Balaban J connectivity index is 1.37. The Labute approximate surface area is 158 Å². The summed E-state index contributed by atoms with van der Waals surface area (Å²) < 4.78 is 14.7. The average Bonchev–Trinajstić information content (AvgIpc) is 3.23. The van der Waals surface area contributed by atoms with E-state index in [1.54, 1.807) is 18.5 Å². The molecule has 1 saturated carbocycles. The fourth-order valence-corrected chi connectivity index (χ4v) is 4.44. The second-order valence-electron chi connectivity index (χ2n) is 7.83. The van der Waals surface area contributed by atoms with E-state index in [1.807, 2.05) is 17.0 Å². The summed E-state index contributed by atoms with van der Waals surface area (Å²) in [5.74, 6) is 0.243. The maximum absolute atomic E-state index is 14.7. The number of hydrogen-bond donors (Lipinski definition) is 2. The van der Waals surface area contributed by atoms with Crippen LogP contribution in [-0.4, -0.2) is 45.3 Å². The number of benzene rings is 1. The third kappa shape index (κ3) is 3.90. The molecule has 2 aromatic rings. The Kier molecular flexibility index (Phi) is 5.25. The van der Waals surface area contributed by atoms with E-state index in [0.717, 1.165) is 55.2 Å². The number of carbonyl (C=O) groups is 1. The van der Waals surface area contributed by atoms with Gasteiger partial charge in [-0.2, -0.15) is 5.10 Å². The Morgan fingerprint density at radius 2 is 1.85 bits per heavy atom. The van der Waals surface area contributed by atoms with E-state index in [9.17, 15) is 14.3 Å². The van der Waals surface area contributed by atoms with Crippen LogP contribution in [0.15, 0.2) is 30.6 Å². The topological polar surface area (TPSA) is 69.2 Å². The van der Waals surface area contributed by atoms with Crippen molar-refractivity contribution >= 4 is 5.91 Å². The molecule has 1 amide bonds. The van der Waals surface area contributed by atoms with Gasteiger partial charge < -0.3 is 10.0 Å². The first-order valence-corrected chi connectivity index (χ1v) is 9.87. The molecule has 2 heterocycles. The molecular formula is C21H26FN3O2. The fourth-order valence-electron chi connectivity index (χ4n) is 4.44. The van der Waals surface area contributed by atoms with Crippen molar-refractivity contribution in [2.45, 2.75) is 50.5 Å². The van der Waals surface area contributed by atoms with Crippen LogP contribution in [0.1, 0.15) is 50.0 Å². The summed E-state index contributed by atoms with van der Waals surface area (Å²) >= 11 is 0. The van der Waals surface area contributed by atoms with Crippen LogP contribution in [-0.2, 0) is 4.79 Å². The first kappa shape index (κ1) is 18.2. The van der Waals surface area contributed by atoms with Gasteiger partial charge in [-0.05, 0) is 61.6 Å². The van der Waals surface area contributed by atoms with Crippen LogP contribution in [0, 0.1) is 11.7 Å². The number of nitrogens with zero attached hydrogens (tertiary/aromatic N) is 2. The smallest absolute Gasteiger partial charge is 0.225 e. The number of H-pyrrole nitrogens is 1. The van der Waals surface area contributed by atoms with Crippen molar-refractivity contribution in [3.63, 3.8) is 0 Å². The van der Waals surface area contributed by atoms with Crippen LogP contribution < -0.4 is 0 Å². The number of aromatic nitrogens is 2. The predicted molar refractivity (Wildman–Crippen MR) is 101 cm³/mol. The van der Waals surface area contributed by atoms with E-state index in [4.69, 9.17) is 0 Å². The Morgan fingerprint density at radius 1 is 1.11 bits per heavy atom. The maximum atomic E-state index is 14.7. The van der Waals surface area contributed by atoms with Gasteiger partial charge in [0.2, 0.25) is 5.91 Å².